The summed E-state index contributed by atoms with van der Waals surface area (Å²) in [4.78, 5) is 2.01. The van der Waals surface area contributed by atoms with Crippen molar-refractivity contribution in [3.8, 4) is 0 Å². The Hall–Kier alpha value is -0.160. The number of rotatable bonds is 21. The summed E-state index contributed by atoms with van der Waals surface area (Å²) >= 11 is 0. The zero-order chi connectivity index (χ0) is 20.2. The highest BCUT2D eigenvalue weighted by molar-refractivity contribution is 4.67. The number of unbranched alkanes of at least 4 members (excludes halogenated alkanes) is 13. The van der Waals surface area contributed by atoms with Crippen molar-refractivity contribution in [1.82, 2.24) is 4.90 Å². The molecule has 0 aromatic heterocycles. The molecule has 2 atom stereocenters. The molecule has 0 bridgehead atoms. The zero-order valence-corrected chi connectivity index (χ0v) is 18.4. The molecule has 164 valence electrons. The van der Waals surface area contributed by atoms with Gasteiger partial charge >= 0.3 is 0 Å². The van der Waals surface area contributed by atoms with Gasteiger partial charge in [0.15, 0.2) is 0 Å². The van der Waals surface area contributed by atoms with Gasteiger partial charge in [-0.05, 0) is 13.0 Å². The fourth-order valence-electron chi connectivity index (χ4n) is 3.65. The second kappa shape index (κ2) is 20.6. The first-order valence-electron chi connectivity index (χ1n) is 11.8. The van der Waals surface area contributed by atoms with Crippen LogP contribution in [0.5, 0.6) is 0 Å². The summed E-state index contributed by atoms with van der Waals surface area (Å²) in [7, 11) is 0. The summed E-state index contributed by atoms with van der Waals surface area (Å²) in [5, 5.41) is 28.6. The van der Waals surface area contributed by atoms with Gasteiger partial charge in [-0.1, -0.05) is 104 Å². The van der Waals surface area contributed by atoms with Crippen LogP contribution in [0.2, 0.25) is 0 Å². The second-order valence-electron chi connectivity index (χ2n) is 8.23. The molecule has 0 saturated carbocycles. The van der Waals surface area contributed by atoms with Gasteiger partial charge in [0.2, 0.25) is 0 Å². The monoisotopic (exact) mass is 387 g/mol. The third kappa shape index (κ3) is 18.9. The van der Waals surface area contributed by atoms with Crippen molar-refractivity contribution in [2.24, 2.45) is 0 Å². The normalized spacial score (nSPS) is 14.0. The van der Waals surface area contributed by atoms with E-state index in [0.29, 0.717) is 13.1 Å². The van der Waals surface area contributed by atoms with E-state index in [-0.39, 0.29) is 12.7 Å². The number of nitrogens with zero attached hydrogens (tertiary/aromatic N) is 1. The van der Waals surface area contributed by atoms with Crippen molar-refractivity contribution in [3.63, 3.8) is 0 Å². The molecule has 0 saturated heterocycles. The lowest BCUT2D eigenvalue weighted by Gasteiger charge is -2.25. The second-order valence-corrected chi connectivity index (χ2v) is 8.23. The molecule has 3 N–H and O–H groups in total. The first-order chi connectivity index (χ1) is 13.1. The van der Waals surface area contributed by atoms with Gasteiger partial charge in [-0.25, -0.2) is 0 Å². The third-order valence-electron chi connectivity index (χ3n) is 5.49. The van der Waals surface area contributed by atoms with Crippen molar-refractivity contribution in [3.05, 3.63) is 0 Å². The summed E-state index contributed by atoms with van der Waals surface area (Å²) in [6.07, 6.45) is 18.7. The van der Waals surface area contributed by atoms with Crippen LogP contribution >= 0.6 is 0 Å². The SMILES string of the molecule is CCCCCCCCCCCCCCCCC(O)CN(CC)CC(O)CO. The van der Waals surface area contributed by atoms with Gasteiger partial charge in [-0.3, -0.25) is 4.90 Å². The van der Waals surface area contributed by atoms with Gasteiger partial charge < -0.3 is 15.3 Å². The van der Waals surface area contributed by atoms with Gasteiger partial charge in [0.05, 0.1) is 18.8 Å². The van der Waals surface area contributed by atoms with Crippen molar-refractivity contribution in [2.75, 3.05) is 26.2 Å². The molecule has 4 heteroatoms. The Kier molecular flexibility index (Phi) is 20.4. The highest BCUT2D eigenvalue weighted by atomic mass is 16.3. The first kappa shape index (κ1) is 26.8. The van der Waals surface area contributed by atoms with Crippen LogP contribution < -0.4 is 0 Å². The van der Waals surface area contributed by atoms with Gasteiger partial charge in [0.25, 0.3) is 0 Å². The van der Waals surface area contributed by atoms with E-state index in [1.807, 2.05) is 11.8 Å². The maximum absolute atomic E-state index is 10.1. The summed E-state index contributed by atoms with van der Waals surface area (Å²) < 4.78 is 0. The Morgan fingerprint density at radius 2 is 1.00 bits per heavy atom. The molecule has 0 radical (unpaired) electrons. The van der Waals surface area contributed by atoms with Crippen molar-refractivity contribution in [2.45, 2.75) is 122 Å². The quantitative estimate of drug-likeness (QED) is 0.245. The van der Waals surface area contributed by atoms with Crippen molar-refractivity contribution < 1.29 is 15.3 Å². The van der Waals surface area contributed by atoms with E-state index in [1.165, 1.54) is 83.5 Å². The molecule has 0 aromatic carbocycles. The molecule has 27 heavy (non-hydrogen) atoms. The molecule has 0 heterocycles. The molecule has 0 aliphatic rings. The number of hydrogen-bond donors (Lipinski definition) is 3. The summed E-state index contributed by atoms with van der Waals surface area (Å²) in [6, 6.07) is 0. The van der Waals surface area contributed by atoms with E-state index >= 15 is 0 Å². The number of likely N-dealkylation sites (N-methyl/N-ethyl adjacent to an activating group) is 1. The van der Waals surface area contributed by atoms with Gasteiger partial charge in [0.1, 0.15) is 0 Å². The summed E-state index contributed by atoms with van der Waals surface area (Å²) in [6.45, 7) is 5.88. The first-order valence-corrected chi connectivity index (χ1v) is 11.8. The van der Waals surface area contributed by atoms with Crippen LogP contribution in [0, 0.1) is 0 Å². The molecule has 0 aromatic rings. The predicted octanol–water partition coefficient (Wildman–Crippen LogP) is 4.89. The molecular formula is C23H49NO3. The number of aliphatic hydroxyl groups excluding tert-OH is 3. The predicted molar refractivity (Wildman–Crippen MR) is 116 cm³/mol. The topological polar surface area (TPSA) is 63.9 Å². The van der Waals surface area contributed by atoms with Crippen LogP contribution in [0.25, 0.3) is 0 Å². The highest BCUT2D eigenvalue weighted by Crippen LogP contribution is 2.14. The number of hydrogen-bond acceptors (Lipinski definition) is 4. The Balaban J connectivity index is 3.36. The Labute approximate surface area is 169 Å². The maximum atomic E-state index is 10.1. The fraction of sp³-hybridized carbons (Fsp3) is 1.00. The van der Waals surface area contributed by atoms with Crippen LogP contribution in [0.15, 0.2) is 0 Å². The van der Waals surface area contributed by atoms with Crippen molar-refractivity contribution >= 4 is 0 Å². The number of aliphatic hydroxyl groups is 3. The summed E-state index contributed by atoms with van der Waals surface area (Å²) in [5.41, 5.74) is 0. The maximum Gasteiger partial charge on any atom is 0.0897 e. The van der Waals surface area contributed by atoms with Gasteiger partial charge in [0, 0.05) is 13.1 Å². The largest absolute Gasteiger partial charge is 0.394 e. The van der Waals surface area contributed by atoms with E-state index in [1.54, 1.807) is 0 Å². The van der Waals surface area contributed by atoms with E-state index < -0.39 is 6.10 Å². The minimum Gasteiger partial charge on any atom is -0.394 e. The fourth-order valence-corrected chi connectivity index (χ4v) is 3.65. The lowest BCUT2D eigenvalue weighted by Crippen LogP contribution is -2.39. The minimum absolute atomic E-state index is 0.217. The average molecular weight is 388 g/mol. The van der Waals surface area contributed by atoms with Crippen LogP contribution in [-0.4, -0.2) is 58.7 Å². The van der Waals surface area contributed by atoms with E-state index in [9.17, 15) is 10.2 Å². The molecule has 0 aliphatic carbocycles. The Morgan fingerprint density at radius 3 is 1.41 bits per heavy atom. The lowest BCUT2D eigenvalue weighted by atomic mass is 10.0. The zero-order valence-electron chi connectivity index (χ0n) is 18.4. The van der Waals surface area contributed by atoms with Crippen LogP contribution in [0.3, 0.4) is 0 Å². The standard InChI is InChI=1S/C23H49NO3/c1-3-5-6-7-8-9-10-11-12-13-14-15-16-17-18-22(26)19-24(4-2)20-23(27)21-25/h22-23,25-27H,3-21H2,1-2H3. The molecule has 4 nitrogen and oxygen atoms in total. The average Bonchev–Trinajstić information content (AvgIpc) is 2.67. The third-order valence-corrected chi connectivity index (χ3v) is 5.49. The van der Waals surface area contributed by atoms with E-state index in [2.05, 4.69) is 6.92 Å². The van der Waals surface area contributed by atoms with Crippen LogP contribution in [0.4, 0.5) is 0 Å². The Morgan fingerprint density at radius 1 is 0.593 bits per heavy atom. The molecular weight excluding hydrogens is 338 g/mol. The minimum atomic E-state index is -0.710. The molecule has 0 spiro atoms. The van der Waals surface area contributed by atoms with E-state index in [0.717, 1.165) is 19.4 Å². The van der Waals surface area contributed by atoms with Crippen LogP contribution in [-0.2, 0) is 0 Å². The van der Waals surface area contributed by atoms with Crippen molar-refractivity contribution in [1.29, 1.82) is 0 Å². The Bertz CT molecular complexity index is 289. The van der Waals surface area contributed by atoms with E-state index in [4.69, 9.17) is 5.11 Å². The lowest BCUT2D eigenvalue weighted by molar-refractivity contribution is 0.0392. The molecule has 0 rings (SSSR count). The summed E-state index contributed by atoms with van der Waals surface area (Å²) in [5.74, 6) is 0. The molecule has 0 fully saturated rings. The molecule has 0 aliphatic heterocycles. The van der Waals surface area contributed by atoms with Gasteiger partial charge in [-0.15, -0.1) is 0 Å². The molecule has 2 unspecified atom stereocenters. The highest BCUT2D eigenvalue weighted by Gasteiger charge is 2.13. The molecule has 0 amide bonds. The smallest absolute Gasteiger partial charge is 0.0897 e. The van der Waals surface area contributed by atoms with Crippen LogP contribution in [0.1, 0.15) is 110 Å². The van der Waals surface area contributed by atoms with Gasteiger partial charge in [-0.2, -0.15) is 0 Å².